The summed E-state index contributed by atoms with van der Waals surface area (Å²) in [6.07, 6.45) is 5.39. The zero-order valence-electron chi connectivity index (χ0n) is 12.0. The maximum absolute atomic E-state index is 12.1. The minimum atomic E-state index is -0.371. The van der Waals surface area contributed by atoms with E-state index in [0.717, 1.165) is 25.9 Å². The fraction of sp³-hybridized carbons (Fsp3) is 0.375. The minimum absolute atomic E-state index is 0.330. The molecule has 0 aromatic heterocycles. The Morgan fingerprint density at radius 3 is 2.57 bits per heavy atom. The molecule has 0 unspecified atom stereocenters. The molecule has 3 rings (SSSR count). The SMILES string of the molecule is COc1ccc2c(c1)C(=O)NC(=O)C2=CN1CCCCC1. The molecular weight excluding hydrogens is 268 g/mol. The van der Waals surface area contributed by atoms with Gasteiger partial charge in [0.15, 0.2) is 0 Å². The number of imide groups is 1. The molecule has 5 nitrogen and oxygen atoms in total. The molecule has 2 aliphatic heterocycles. The molecule has 21 heavy (non-hydrogen) atoms. The Hall–Kier alpha value is -2.30. The number of rotatable bonds is 2. The van der Waals surface area contributed by atoms with Gasteiger partial charge in [0.1, 0.15) is 5.75 Å². The lowest BCUT2D eigenvalue weighted by Gasteiger charge is -2.27. The first-order chi connectivity index (χ1) is 10.2. The average Bonchev–Trinajstić information content (AvgIpc) is 2.52. The highest BCUT2D eigenvalue weighted by Gasteiger charge is 2.28. The third-order valence-electron chi connectivity index (χ3n) is 3.94. The van der Waals surface area contributed by atoms with Gasteiger partial charge in [-0.3, -0.25) is 14.9 Å². The van der Waals surface area contributed by atoms with E-state index in [0.29, 0.717) is 22.4 Å². The van der Waals surface area contributed by atoms with Gasteiger partial charge in [0, 0.05) is 24.9 Å². The zero-order valence-corrected chi connectivity index (χ0v) is 12.0. The Labute approximate surface area is 123 Å². The quantitative estimate of drug-likeness (QED) is 0.665. The van der Waals surface area contributed by atoms with Crippen molar-refractivity contribution in [1.29, 1.82) is 0 Å². The standard InChI is InChI=1S/C16H18N2O3/c1-21-11-5-6-12-13(9-11)15(19)17-16(20)14(12)10-18-7-3-2-4-8-18/h5-6,9-10H,2-4,7-8H2,1H3,(H,17,19,20). The van der Waals surface area contributed by atoms with Gasteiger partial charge in [0.2, 0.25) is 0 Å². The van der Waals surface area contributed by atoms with Gasteiger partial charge in [0.05, 0.1) is 18.2 Å². The summed E-state index contributed by atoms with van der Waals surface area (Å²) < 4.78 is 5.15. The Kier molecular flexibility index (Phi) is 3.64. The van der Waals surface area contributed by atoms with E-state index in [-0.39, 0.29) is 11.8 Å². The number of amides is 2. The Morgan fingerprint density at radius 2 is 1.86 bits per heavy atom. The highest BCUT2D eigenvalue weighted by Crippen LogP contribution is 2.28. The van der Waals surface area contributed by atoms with Crippen LogP contribution in [0.1, 0.15) is 35.2 Å². The predicted octanol–water partition coefficient (Wildman–Crippen LogP) is 1.79. The van der Waals surface area contributed by atoms with Crippen molar-refractivity contribution in [3.8, 4) is 5.75 Å². The number of methoxy groups -OCH3 is 1. The summed E-state index contributed by atoms with van der Waals surface area (Å²) in [4.78, 5) is 26.3. The number of piperidine rings is 1. The minimum Gasteiger partial charge on any atom is -0.497 e. The van der Waals surface area contributed by atoms with E-state index < -0.39 is 0 Å². The molecule has 5 heteroatoms. The van der Waals surface area contributed by atoms with Crippen LogP contribution >= 0.6 is 0 Å². The van der Waals surface area contributed by atoms with Crippen LogP contribution in [0.2, 0.25) is 0 Å². The fourth-order valence-electron chi connectivity index (χ4n) is 2.79. The van der Waals surface area contributed by atoms with Gasteiger partial charge in [-0.15, -0.1) is 0 Å². The second-order valence-corrected chi connectivity index (χ2v) is 5.33. The molecule has 1 aromatic carbocycles. The molecule has 0 atom stereocenters. The number of likely N-dealkylation sites (tertiary alicyclic amines) is 1. The molecule has 0 saturated carbocycles. The predicted molar refractivity (Wildman–Crippen MR) is 78.9 cm³/mol. The van der Waals surface area contributed by atoms with E-state index in [1.54, 1.807) is 25.3 Å². The second kappa shape index (κ2) is 5.60. The van der Waals surface area contributed by atoms with Crippen molar-refractivity contribution in [1.82, 2.24) is 10.2 Å². The van der Waals surface area contributed by atoms with E-state index in [4.69, 9.17) is 4.74 Å². The smallest absolute Gasteiger partial charge is 0.260 e. The van der Waals surface area contributed by atoms with Gasteiger partial charge in [-0.25, -0.2) is 0 Å². The molecular formula is C16H18N2O3. The van der Waals surface area contributed by atoms with Crippen molar-refractivity contribution in [2.24, 2.45) is 0 Å². The lowest BCUT2D eigenvalue weighted by Crippen LogP contribution is -2.37. The maximum atomic E-state index is 12.1. The first-order valence-corrected chi connectivity index (χ1v) is 7.19. The van der Waals surface area contributed by atoms with Crippen LogP contribution in [-0.4, -0.2) is 36.9 Å². The highest BCUT2D eigenvalue weighted by atomic mass is 16.5. The summed E-state index contributed by atoms with van der Waals surface area (Å²) in [6.45, 7) is 1.91. The zero-order chi connectivity index (χ0) is 14.8. The summed E-state index contributed by atoms with van der Waals surface area (Å²) in [5, 5.41) is 2.40. The summed E-state index contributed by atoms with van der Waals surface area (Å²) >= 11 is 0. The van der Waals surface area contributed by atoms with Gasteiger partial charge in [-0.2, -0.15) is 0 Å². The lowest BCUT2D eigenvalue weighted by molar-refractivity contribution is -0.114. The van der Waals surface area contributed by atoms with E-state index in [1.807, 2.05) is 6.20 Å². The van der Waals surface area contributed by atoms with Gasteiger partial charge < -0.3 is 9.64 Å². The topological polar surface area (TPSA) is 58.6 Å². The third kappa shape index (κ3) is 2.63. The van der Waals surface area contributed by atoms with Crippen molar-refractivity contribution in [3.05, 3.63) is 35.5 Å². The van der Waals surface area contributed by atoms with Gasteiger partial charge in [-0.05, 0) is 37.5 Å². The number of nitrogens with one attached hydrogen (secondary N) is 1. The molecule has 2 amide bonds. The first-order valence-electron chi connectivity index (χ1n) is 7.19. The molecule has 1 fully saturated rings. The molecule has 1 N–H and O–H groups in total. The third-order valence-corrected chi connectivity index (χ3v) is 3.94. The van der Waals surface area contributed by atoms with Crippen LogP contribution in [0.15, 0.2) is 24.4 Å². The van der Waals surface area contributed by atoms with Crippen molar-refractivity contribution >= 4 is 17.4 Å². The van der Waals surface area contributed by atoms with Crippen LogP contribution in [0, 0.1) is 0 Å². The second-order valence-electron chi connectivity index (χ2n) is 5.33. The van der Waals surface area contributed by atoms with Gasteiger partial charge in [-0.1, -0.05) is 0 Å². The molecule has 1 aromatic rings. The van der Waals surface area contributed by atoms with Gasteiger partial charge in [0.25, 0.3) is 11.8 Å². The monoisotopic (exact) mass is 286 g/mol. The lowest BCUT2D eigenvalue weighted by atomic mass is 9.95. The van der Waals surface area contributed by atoms with Crippen LogP contribution in [0.3, 0.4) is 0 Å². The normalized spacial score (nSPS) is 20.2. The first kappa shape index (κ1) is 13.7. The largest absolute Gasteiger partial charge is 0.497 e. The number of fused-ring (bicyclic) bond motifs is 1. The molecule has 110 valence electrons. The van der Waals surface area contributed by atoms with Crippen molar-refractivity contribution < 1.29 is 14.3 Å². The van der Waals surface area contributed by atoms with Crippen LogP contribution in [0.4, 0.5) is 0 Å². The Balaban J connectivity index is 2.01. The number of hydrogen-bond donors (Lipinski definition) is 1. The highest BCUT2D eigenvalue weighted by molar-refractivity contribution is 6.31. The maximum Gasteiger partial charge on any atom is 0.260 e. The van der Waals surface area contributed by atoms with Crippen LogP contribution in [0.5, 0.6) is 5.75 Å². The molecule has 0 aliphatic carbocycles. The van der Waals surface area contributed by atoms with E-state index in [2.05, 4.69) is 10.2 Å². The van der Waals surface area contributed by atoms with E-state index in [1.165, 1.54) is 6.42 Å². The number of carbonyl (C=O) groups excluding carboxylic acids is 2. The number of nitrogens with zero attached hydrogens (tertiary/aromatic N) is 1. The summed E-state index contributed by atoms with van der Waals surface area (Å²) in [5.74, 6) is -0.0940. The number of ether oxygens (including phenoxy) is 1. The summed E-state index contributed by atoms with van der Waals surface area (Å²) in [6, 6.07) is 5.22. The molecule has 1 saturated heterocycles. The number of benzene rings is 1. The van der Waals surface area contributed by atoms with Crippen molar-refractivity contribution in [3.63, 3.8) is 0 Å². The molecule has 0 radical (unpaired) electrons. The Bertz CT molecular complexity index is 616. The molecule has 0 spiro atoms. The molecule has 2 aliphatic rings. The summed E-state index contributed by atoms with van der Waals surface area (Å²) in [5.41, 5.74) is 1.71. The Morgan fingerprint density at radius 1 is 1.10 bits per heavy atom. The number of carbonyl (C=O) groups is 2. The van der Waals surface area contributed by atoms with Gasteiger partial charge >= 0.3 is 0 Å². The van der Waals surface area contributed by atoms with Crippen LogP contribution in [0.25, 0.3) is 5.57 Å². The average molecular weight is 286 g/mol. The van der Waals surface area contributed by atoms with E-state index >= 15 is 0 Å². The van der Waals surface area contributed by atoms with Crippen LogP contribution in [-0.2, 0) is 4.79 Å². The van der Waals surface area contributed by atoms with Crippen LogP contribution < -0.4 is 10.1 Å². The van der Waals surface area contributed by atoms with Crippen molar-refractivity contribution in [2.75, 3.05) is 20.2 Å². The number of hydrogen-bond acceptors (Lipinski definition) is 4. The molecule has 2 heterocycles. The van der Waals surface area contributed by atoms with Crippen molar-refractivity contribution in [2.45, 2.75) is 19.3 Å². The summed E-state index contributed by atoms with van der Waals surface area (Å²) in [7, 11) is 1.55. The fourth-order valence-corrected chi connectivity index (χ4v) is 2.79. The molecule has 0 bridgehead atoms. The van der Waals surface area contributed by atoms with E-state index in [9.17, 15) is 9.59 Å².